The zero-order valence-electron chi connectivity index (χ0n) is 9.26. The summed E-state index contributed by atoms with van der Waals surface area (Å²) in [5, 5.41) is 9.05. The molecule has 2 fully saturated rings. The van der Waals surface area contributed by atoms with Crippen LogP contribution in [0.5, 0.6) is 0 Å². The molecule has 3 rings (SSSR count). The molecule has 3 heteroatoms. The molecule has 1 aliphatic heterocycles. The van der Waals surface area contributed by atoms with E-state index in [1.165, 1.54) is 5.56 Å². The fraction of sp³-hybridized carbons (Fsp3) is 0.462. The van der Waals surface area contributed by atoms with E-state index in [1.54, 1.807) is 0 Å². The highest BCUT2D eigenvalue weighted by molar-refractivity contribution is 6.00. The molecule has 0 radical (unpaired) electrons. The van der Waals surface area contributed by atoms with Crippen LogP contribution in [0.25, 0.3) is 0 Å². The Morgan fingerprint density at radius 3 is 2.56 bits per heavy atom. The van der Waals surface area contributed by atoms with Crippen LogP contribution in [-0.2, 0) is 4.79 Å². The number of anilines is 1. The van der Waals surface area contributed by atoms with Gasteiger partial charge in [-0.05, 0) is 30.9 Å². The van der Waals surface area contributed by atoms with Crippen molar-refractivity contribution < 1.29 is 9.90 Å². The number of piperidine rings is 1. The fourth-order valence-electron chi connectivity index (χ4n) is 2.75. The van der Waals surface area contributed by atoms with Crippen LogP contribution < -0.4 is 4.90 Å². The fourth-order valence-corrected chi connectivity index (χ4v) is 2.75. The first-order valence-electron chi connectivity index (χ1n) is 5.71. The van der Waals surface area contributed by atoms with Gasteiger partial charge in [0.25, 0.3) is 0 Å². The van der Waals surface area contributed by atoms with Crippen molar-refractivity contribution in [2.24, 2.45) is 17.8 Å². The van der Waals surface area contributed by atoms with Crippen LogP contribution >= 0.6 is 0 Å². The van der Waals surface area contributed by atoms with Gasteiger partial charge in [-0.15, -0.1) is 0 Å². The predicted octanol–water partition coefficient (Wildman–Crippen LogP) is 1.20. The molecule has 0 bridgehead atoms. The van der Waals surface area contributed by atoms with Crippen LogP contribution in [-0.4, -0.2) is 24.2 Å². The van der Waals surface area contributed by atoms with Crippen molar-refractivity contribution in [3.05, 3.63) is 29.8 Å². The Hall–Kier alpha value is -1.35. The van der Waals surface area contributed by atoms with E-state index in [0.29, 0.717) is 5.92 Å². The lowest BCUT2D eigenvalue weighted by molar-refractivity contribution is -0.119. The summed E-state index contributed by atoms with van der Waals surface area (Å²) in [6.45, 7) is 2.97. The lowest BCUT2D eigenvalue weighted by Gasteiger charge is -2.19. The topological polar surface area (TPSA) is 40.5 Å². The number of aryl methyl sites for hydroxylation is 1. The maximum Gasteiger partial charge on any atom is 0.230 e. The molecule has 84 valence electrons. The van der Waals surface area contributed by atoms with Crippen LogP contribution in [0, 0.1) is 24.7 Å². The van der Waals surface area contributed by atoms with E-state index >= 15 is 0 Å². The van der Waals surface area contributed by atoms with Crippen LogP contribution in [0.15, 0.2) is 24.3 Å². The SMILES string of the molecule is Cc1ccc(N2CC3C(CO)C3C2=O)cc1. The molecule has 1 saturated carbocycles. The van der Waals surface area contributed by atoms with Crippen LogP contribution in [0.1, 0.15) is 5.56 Å². The molecule has 1 aliphatic carbocycles. The van der Waals surface area contributed by atoms with Crippen molar-refractivity contribution in [2.45, 2.75) is 6.92 Å². The van der Waals surface area contributed by atoms with Gasteiger partial charge in [0.1, 0.15) is 0 Å². The number of nitrogens with zero attached hydrogens (tertiary/aromatic N) is 1. The summed E-state index contributed by atoms with van der Waals surface area (Å²) in [5.41, 5.74) is 2.19. The Balaban J connectivity index is 1.80. The van der Waals surface area contributed by atoms with Crippen molar-refractivity contribution in [1.29, 1.82) is 0 Å². The summed E-state index contributed by atoms with van der Waals surface area (Å²) in [5.74, 6) is 0.896. The third kappa shape index (κ3) is 1.28. The smallest absolute Gasteiger partial charge is 0.230 e. The molecule has 3 unspecified atom stereocenters. The van der Waals surface area contributed by atoms with Gasteiger partial charge in [-0.3, -0.25) is 4.79 Å². The number of rotatable bonds is 2. The van der Waals surface area contributed by atoms with Crippen LogP contribution in [0.3, 0.4) is 0 Å². The molecular formula is C13H15NO2. The predicted molar refractivity (Wildman–Crippen MR) is 61.1 cm³/mol. The molecule has 0 spiro atoms. The molecule has 3 nitrogen and oxygen atoms in total. The summed E-state index contributed by atoms with van der Waals surface area (Å²) < 4.78 is 0. The van der Waals surface area contributed by atoms with E-state index in [2.05, 4.69) is 0 Å². The Kier molecular flexibility index (Phi) is 2.04. The number of fused-ring (bicyclic) bond motifs is 1. The lowest BCUT2D eigenvalue weighted by atomic mass is 10.2. The molecule has 3 atom stereocenters. The van der Waals surface area contributed by atoms with E-state index in [4.69, 9.17) is 5.11 Å². The lowest BCUT2D eigenvalue weighted by Crippen LogP contribution is -2.30. The van der Waals surface area contributed by atoms with Crippen LogP contribution in [0.2, 0.25) is 0 Å². The van der Waals surface area contributed by atoms with E-state index < -0.39 is 0 Å². The largest absolute Gasteiger partial charge is 0.396 e. The van der Waals surface area contributed by atoms with E-state index in [-0.39, 0.29) is 24.3 Å². The third-order valence-electron chi connectivity index (χ3n) is 3.83. The second kappa shape index (κ2) is 3.32. The number of hydrogen-bond acceptors (Lipinski definition) is 2. The molecule has 1 aromatic rings. The first kappa shape index (κ1) is 9.85. The highest BCUT2D eigenvalue weighted by atomic mass is 16.3. The summed E-state index contributed by atoms with van der Waals surface area (Å²) in [6.07, 6.45) is 0. The minimum atomic E-state index is 0.0892. The molecule has 16 heavy (non-hydrogen) atoms. The van der Waals surface area contributed by atoms with Crippen molar-refractivity contribution in [2.75, 3.05) is 18.1 Å². The second-order valence-electron chi connectivity index (χ2n) is 4.82. The molecule has 0 aromatic heterocycles. The van der Waals surface area contributed by atoms with Crippen molar-refractivity contribution >= 4 is 11.6 Å². The Morgan fingerprint density at radius 1 is 1.38 bits per heavy atom. The average Bonchev–Trinajstić information content (AvgIpc) is 2.90. The minimum absolute atomic E-state index is 0.0892. The van der Waals surface area contributed by atoms with Crippen molar-refractivity contribution in [3.8, 4) is 0 Å². The van der Waals surface area contributed by atoms with Gasteiger partial charge in [0, 0.05) is 24.8 Å². The van der Waals surface area contributed by atoms with Gasteiger partial charge in [0.15, 0.2) is 0 Å². The van der Waals surface area contributed by atoms with Gasteiger partial charge in [0.2, 0.25) is 5.91 Å². The molecule has 2 aliphatic rings. The third-order valence-corrected chi connectivity index (χ3v) is 3.83. The van der Waals surface area contributed by atoms with Gasteiger partial charge in [0.05, 0.1) is 0 Å². The molecular weight excluding hydrogens is 202 g/mol. The monoisotopic (exact) mass is 217 g/mol. The molecule has 1 aromatic carbocycles. The zero-order chi connectivity index (χ0) is 11.3. The van der Waals surface area contributed by atoms with Gasteiger partial charge in [-0.2, -0.15) is 0 Å². The average molecular weight is 217 g/mol. The second-order valence-corrected chi connectivity index (χ2v) is 4.82. The van der Waals surface area contributed by atoms with E-state index in [1.807, 2.05) is 36.1 Å². The molecule has 1 saturated heterocycles. The first-order valence-corrected chi connectivity index (χ1v) is 5.71. The highest BCUT2D eigenvalue weighted by Gasteiger charge is 2.61. The standard InChI is InChI=1S/C13H15NO2/c1-8-2-4-9(5-3-8)14-6-10-11(7-15)12(10)13(14)16/h2-5,10-12,15H,6-7H2,1H3. The first-order chi connectivity index (χ1) is 7.72. The normalized spacial score (nSPS) is 31.8. The maximum atomic E-state index is 12.0. The van der Waals surface area contributed by atoms with Crippen LogP contribution in [0.4, 0.5) is 5.69 Å². The van der Waals surface area contributed by atoms with Crippen molar-refractivity contribution in [1.82, 2.24) is 0 Å². The Bertz CT molecular complexity index is 426. The Morgan fingerprint density at radius 2 is 2.06 bits per heavy atom. The minimum Gasteiger partial charge on any atom is -0.396 e. The molecule has 1 N–H and O–H groups in total. The zero-order valence-corrected chi connectivity index (χ0v) is 9.26. The summed E-state index contributed by atoms with van der Waals surface area (Å²) in [7, 11) is 0. The number of amides is 1. The van der Waals surface area contributed by atoms with Gasteiger partial charge in [-0.1, -0.05) is 17.7 Å². The maximum absolute atomic E-state index is 12.0. The summed E-state index contributed by atoms with van der Waals surface area (Å²) in [4.78, 5) is 13.9. The number of aliphatic hydroxyl groups is 1. The number of aliphatic hydroxyl groups excluding tert-OH is 1. The van der Waals surface area contributed by atoms with Crippen molar-refractivity contribution in [3.63, 3.8) is 0 Å². The van der Waals surface area contributed by atoms with Gasteiger partial charge >= 0.3 is 0 Å². The molecule has 1 heterocycles. The summed E-state index contributed by atoms with van der Waals surface area (Å²) >= 11 is 0. The van der Waals surface area contributed by atoms with Gasteiger partial charge in [-0.25, -0.2) is 0 Å². The summed E-state index contributed by atoms with van der Waals surface area (Å²) in [6, 6.07) is 8.03. The van der Waals surface area contributed by atoms with E-state index in [0.717, 1.165) is 12.2 Å². The number of benzene rings is 1. The Labute approximate surface area is 94.7 Å². The number of carbonyl (C=O) groups is 1. The highest BCUT2D eigenvalue weighted by Crippen LogP contribution is 2.52. The van der Waals surface area contributed by atoms with Gasteiger partial charge < -0.3 is 10.0 Å². The number of hydrogen-bond donors (Lipinski definition) is 1. The van der Waals surface area contributed by atoms with E-state index in [9.17, 15) is 4.79 Å². The quantitative estimate of drug-likeness (QED) is 0.808. The molecule has 1 amide bonds. The number of carbonyl (C=O) groups excluding carboxylic acids is 1.